The summed E-state index contributed by atoms with van der Waals surface area (Å²) in [6.45, 7) is 3.92. The van der Waals surface area contributed by atoms with Gasteiger partial charge in [-0.3, -0.25) is 9.79 Å². The van der Waals surface area contributed by atoms with Crippen LogP contribution in [0.2, 0.25) is 5.02 Å². The van der Waals surface area contributed by atoms with Crippen molar-refractivity contribution in [1.82, 2.24) is 0 Å². The van der Waals surface area contributed by atoms with Gasteiger partial charge in [-0.1, -0.05) is 41.9 Å². The van der Waals surface area contributed by atoms with Gasteiger partial charge in [0, 0.05) is 16.8 Å². The minimum absolute atomic E-state index is 0.0238. The third kappa shape index (κ3) is 4.83. The smallest absolute Gasteiger partial charge is 0.320 e. The van der Waals surface area contributed by atoms with Crippen LogP contribution in [0.3, 0.4) is 0 Å². The van der Waals surface area contributed by atoms with Crippen LogP contribution in [-0.4, -0.2) is 25.0 Å². The Hall–Kier alpha value is -2.33. The standard InChI is InChI=1S/C19H21ClN2O2/c1-13(2)21-18(22-16-11-9-15(20)10-12-16)17(19(23)24-3)14-7-5-4-6-8-14/h4-13,17H,1-3H3,(H,21,22). The van der Waals surface area contributed by atoms with Crippen LogP contribution in [0.1, 0.15) is 25.3 Å². The Morgan fingerprint density at radius 3 is 2.25 bits per heavy atom. The molecule has 1 N–H and O–H groups in total. The van der Waals surface area contributed by atoms with Crippen molar-refractivity contribution in [3.63, 3.8) is 0 Å². The Balaban J connectivity index is 2.42. The van der Waals surface area contributed by atoms with E-state index in [9.17, 15) is 4.79 Å². The topological polar surface area (TPSA) is 50.7 Å². The molecule has 24 heavy (non-hydrogen) atoms. The maximum Gasteiger partial charge on any atom is 0.320 e. The van der Waals surface area contributed by atoms with E-state index in [0.717, 1.165) is 11.3 Å². The molecular weight excluding hydrogens is 324 g/mol. The first-order valence-corrected chi connectivity index (χ1v) is 8.12. The number of halogens is 1. The van der Waals surface area contributed by atoms with E-state index in [0.29, 0.717) is 10.9 Å². The number of anilines is 1. The third-order valence-electron chi connectivity index (χ3n) is 3.36. The van der Waals surface area contributed by atoms with Crippen LogP contribution < -0.4 is 5.32 Å². The predicted octanol–water partition coefficient (Wildman–Crippen LogP) is 4.52. The number of esters is 1. The first kappa shape index (κ1) is 18.0. The van der Waals surface area contributed by atoms with Gasteiger partial charge >= 0.3 is 5.97 Å². The van der Waals surface area contributed by atoms with E-state index in [2.05, 4.69) is 10.3 Å². The van der Waals surface area contributed by atoms with Gasteiger partial charge in [0.05, 0.1) is 7.11 Å². The Bertz CT molecular complexity index is 697. The van der Waals surface area contributed by atoms with Gasteiger partial charge in [-0.05, 0) is 43.7 Å². The number of nitrogens with one attached hydrogen (secondary N) is 1. The maximum absolute atomic E-state index is 12.4. The molecule has 0 heterocycles. The van der Waals surface area contributed by atoms with Crippen LogP contribution in [0.25, 0.3) is 0 Å². The van der Waals surface area contributed by atoms with Gasteiger partial charge < -0.3 is 10.1 Å². The predicted molar refractivity (Wildman–Crippen MR) is 98.8 cm³/mol. The van der Waals surface area contributed by atoms with E-state index in [-0.39, 0.29) is 12.0 Å². The molecule has 1 unspecified atom stereocenters. The van der Waals surface area contributed by atoms with E-state index in [1.165, 1.54) is 7.11 Å². The third-order valence-corrected chi connectivity index (χ3v) is 3.61. The first-order valence-electron chi connectivity index (χ1n) is 7.74. The van der Waals surface area contributed by atoms with Crippen LogP contribution in [0.15, 0.2) is 59.6 Å². The van der Waals surface area contributed by atoms with Crippen molar-refractivity contribution in [2.24, 2.45) is 4.99 Å². The molecule has 0 aliphatic heterocycles. The lowest BCUT2D eigenvalue weighted by molar-refractivity contribution is -0.140. The molecule has 0 radical (unpaired) electrons. The van der Waals surface area contributed by atoms with Crippen LogP contribution in [0.5, 0.6) is 0 Å². The summed E-state index contributed by atoms with van der Waals surface area (Å²) in [4.78, 5) is 17.0. The molecule has 0 amide bonds. The molecule has 5 heteroatoms. The summed E-state index contributed by atoms with van der Waals surface area (Å²) in [6.07, 6.45) is 0. The molecule has 1 atom stereocenters. The fourth-order valence-corrected chi connectivity index (χ4v) is 2.43. The van der Waals surface area contributed by atoms with Crippen molar-refractivity contribution in [2.45, 2.75) is 25.8 Å². The van der Waals surface area contributed by atoms with Crippen molar-refractivity contribution < 1.29 is 9.53 Å². The van der Waals surface area contributed by atoms with Crippen molar-refractivity contribution >= 4 is 29.1 Å². The monoisotopic (exact) mass is 344 g/mol. The summed E-state index contributed by atoms with van der Waals surface area (Å²) in [5.41, 5.74) is 1.63. The number of amidine groups is 1. The summed E-state index contributed by atoms with van der Waals surface area (Å²) in [5.74, 6) is -0.429. The van der Waals surface area contributed by atoms with E-state index >= 15 is 0 Å². The number of rotatable bonds is 5. The molecule has 4 nitrogen and oxygen atoms in total. The van der Waals surface area contributed by atoms with Gasteiger partial charge in [0.1, 0.15) is 11.8 Å². The number of carbonyl (C=O) groups excluding carboxylic acids is 1. The number of nitrogens with zero attached hydrogens (tertiary/aromatic N) is 1. The molecule has 0 saturated heterocycles. The second-order valence-corrected chi connectivity index (χ2v) is 6.04. The van der Waals surface area contributed by atoms with Gasteiger partial charge in [0.2, 0.25) is 0 Å². The average Bonchev–Trinajstić information content (AvgIpc) is 2.57. The lowest BCUT2D eigenvalue weighted by atomic mass is 9.97. The van der Waals surface area contributed by atoms with Gasteiger partial charge in [-0.25, -0.2) is 0 Å². The maximum atomic E-state index is 12.4. The van der Waals surface area contributed by atoms with Crippen molar-refractivity contribution in [2.75, 3.05) is 12.4 Å². The molecule has 0 fully saturated rings. The molecule has 0 saturated carbocycles. The molecule has 0 aliphatic rings. The van der Waals surface area contributed by atoms with Crippen LogP contribution >= 0.6 is 11.6 Å². The average molecular weight is 345 g/mol. The minimum Gasteiger partial charge on any atom is -0.468 e. The highest BCUT2D eigenvalue weighted by atomic mass is 35.5. The zero-order valence-corrected chi connectivity index (χ0v) is 14.7. The van der Waals surface area contributed by atoms with E-state index in [4.69, 9.17) is 16.3 Å². The lowest BCUT2D eigenvalue weighted by Gasteiger charge is -2.20. The zero-order valence-electron chi connectivity index (χ0n) is 14.0. The fourth-order valence-electron chi connectivity index (χ4n) is 2.31. The Morgan fingerprint density at radius 1 is 1.08 bits per heavy atom. The van der Waals surface area contributed by atoms with Crippen LogP contribution in [0, 0.1) is 0 Å². The van der Waals surface area contributed by atoms with Gasteiger partial charge in [0.25, 0.3) is 0 Å². The van der Waals surface area contributed by atoms with Crippen molar-refractivity contribution in [3.8, 4) is 0 Å². The summed E-state index contributed by atoms with van der Waals surface area (Å²) in [5, 5.41) is 3.89. The normalized spacial score (nSPS) is 12.8. The number of methoxy groups -OCH3 is 1. The van der Waals surface area contributed by atoms with Gasteiger partial charge in [-0.15, -0.1) is 0 Å². The highest BCUT2D eigenvalue weighted by Crippen LogP contribution is 2.22. The van der Waals surface area contributed by atoms with Crippen LogP contribution in [-0.2, 0) is 9.53 Å². The lowest BCUT2D eigenvalue weighted by Crippen LogP contribution is -2.30. The highest BCUT2D eigenvalue weighted by Gasteiger charge is 2.28. The second kappa shape index (κ2) is 8.50. The van der Waals surface area contributed by atoms with Gasteiger partial charge in [-0.2, -0.15) is 0 Å². The number of benzene rings is 2. The largest absolute Gasteiger partial charge is 0.468 e. The molecule has 2 aromatic carbocycles. The van der Waals surface area contributed by atoms with E-state index in [1.807, 2.05) is 56.3 Å². The quantitative estimate of drug-likeness (QED) is 0.493. The molecule has 0 aromatic heterocycles. The zero-order chi connectivity index (χ0) is 17.5. The molecule has 0 aliphatic carbocycles. The Labute approximate surface area is 147 Å². The first-order chi connectivity index (χ1) is 11.5. The molecule has 2 aromatic rings. The molecule has 0 bridgehead atoms. The highest BCUT2D eigenvalue weighted by molar-refractivity contribution is 6.30. The summed E-state index contributed by atoms with van der Waals surface area (Å²) in [7, 11) is 1.38. The summed E-state index contributed by atoms with van der Waals surface area (Å²) in [6, 6.07) is 16.7. The van der Waals surface area contributed by atoms with E-state index in [1.54, 1.807) is 12.1 Å². The SMILES string of the molecule is COC(=O)C(C(=NC(C)C)Nc1ccc(Cl)cc1)c1ccccc1. The van der Waals surface area contributed by atoms with Crippen LogP contribution in [0.4, 0.5) is 5.69 Å². The Kier molecular flexibility index (Phi) is 6.38. The molecule has 0 spiro atoms. The summed E-state index contributed by atoms with van der Waals surface area (Å²) >= 11 is 5.93. The molecule has 126 valence electrons. The Morgan fingerprint density at radius 2 is 1.71 bits per heavy atom. The van der Waals surface area contributed by atoms with E-state index < -0.39 is 5.92 Å². The second-order valence-electron chi connectivity index (χ2n) is 5.61. The number of hydrogen-bond acceptors (Lipinski definition) is 3. The minimum atomic E-state index is -0.616. The van der Waals surface area contributed by atoms with Crippen molar-refractivity contribution in [1.29, 1.82) is 0 Å². The number of aliphatic imine (C=N–C) groups is 1. The molecular formula is C19H21ClN2O2. The van der Waals surface area contributed by atoms with Gasteiger partial charge in [0.15, 0.2) is 0 Å². The molecule has 2 rings (SSSR count). The van der Waals surface area contributed by atoms with Crippen molar-refractivity contribution in [3.05, 3.63) is 65.2 Å². The summed E-state index contributed by atoms with van der Waals surface area (Å²) < 4.78 is 5.01. The number of ether oxygens (including phenoxy) is 1. The fraction of sp³-hybridized carbons (Fsp3) is 0.263. The number of hydrogen-bond donors (Lipinski definition) is 1. The number of carbonyl (C=O) groups is 1.